The second-order valence-electron chi connectivity index (χ2n) is 8.46. The highest BCUT2D eigenvalue weighted by Crippen LogP contribution is 2.42. The molecule has 1 amide bonds. The number of amides is 1. The number of hydrogen-bond acceptors (Lipinski definition) is 3. The van der Waals surface area contributed by atoms with Crippen LogP contribution in [0.3, 0.4) is 0 Å². The Morgan fingerprint density at radius 2 is 1.67 bits per heavy atom. The highest BCUT2D eigenvalue weighted by Gasteiger charge is 2.39. The molecule has 0 fully saturated rings. The second kappa shape index (κ2) is 9.95. The fourth-order valence-electron chi connectivity index (χ4n) is 4.43. The van der Waals surface area contributed by atoms with Gasteiger partial charge in [-0.25, -0.2) is 0 Å². The van der Waals surface area contributed by atoms with E-state index < -0.39 is 0 Å². The number of rotatable bonds is 7. The summed E-state index contributed by atoms with van der Waals surface area (Å²) in [6.07, 6.45) is 4.45. The average Bonchev–Trinajstić information content (AvgIpc) is 2.88. The molecule has 0 aromatic heterocycles. The summed E-state index contributed by atoms with van der Waals surface area (Å²) in [4.78, 5) is 13.7. The van der Waals surface area contributed by atoms with Gasteiger partial charge in [0, 0.05) is 17.6 Å². The van der Waals surface area contributed by atoms with Crippen molar-refractivity contribution in [3.63, 3.8) is 0 Å². The van der Waals surface area contributed by atoms with Gasteiger partial charge in [0.05, 0.1) is 13.2 Å². The first-order valence-electron chi connectivity index (χ1n) is 11.6. The molecule has 4 heteroatoms. The third-order valence-corrected chi connectivity index (χ3v) is 6.55. The van der Waals surface area contributed by atoms with Crippen LogP contribution in [-0.2, 0) is 4.79 Å². The van der Waals surface area contributed by atoms with E-state index in [9.17, 15) is 4.79 Å². The minimum atomic E-state index is -0.279. The van der Waals surface area contributed by atoms with Crippen LogP contribution < -0.4 is 14.8 Å². The molecule has 1 atom stereocenters. The van der Waals surface area contributed by atoms with Crippen LogP contribution in [0.5, 0.6) is 11.5 Å². The highest BCUT2D eigenvalue weighted by molar-refractivity contribution is 6.24. The Balaban J connectivity index is 1.69. The fraction of sp³-hybridized carbons (Fsp3) is 0.276. The van der Waals surface area contributed by atoms with E-state index in [0.29, 0.717) is 5.57 Å². The first-order chi connectivity index (χ1) is 16.1. The monoisotopic (exact) mass is 441 g/mol. The molecule has 0 saturated carbocycles. The summed E-state index contributed by atoms with van der Waals surface area (Å²) < 4.78 is 11.7. The molecule has 0 unspecified atom stereocenters. The van der Waals surface area contributed by atoms with E-state index in [1.165, 1.54) is 0 Å². The lowest BCUT2D eigenvalue weighted by Crippen LogP contribution is -2.44. The number of nitrogens with one attached hydrogen (secondary N) is 1. The Kier molecular flexibility index (Phi) is 6.83. The minimum Gasteiger partial charge on any atom is -0.497 e. The molecule has 0 bridgehead atoms. The largest absolute Gasteiger partial charge is 0.497 e. The van der Waals surface area contributed by atoms with Gasteiger partial charge in [-0.05, 0) is 48.2 Å². The van der Waals surface area contributed by atoms with Crippen molar-refractivity contribution in [2.75, 3.05) is 7.11 Å². The Hall–Kier alpha value is -3.53. The molecule has 3 aromatic carbocycles. The number of para-hydroxylation sites is 1. The summed E-state index contributed by atoms with van der Waals surface area (Å²) in [5.41, 5.74) is 3.19. The zero-order chi connectivity index (χ0) is 23.3. The summed E-state index contributed by atoms with van der Waals surface area (Å²) in [5, 5.41) is 3.33. The van der Waals surface area contributed by atoms with Crippen molar-refractivity contribution >= 4 is 17.6 Å². The smallest absolute Gasteiger partial charge is 0.252 e. The standard InChI is InChI=1S/C29H31NO3/c1-4-29(5-2)20-26(24-13-9-10-14-27(24)33-29)30-28(31)25(22-11-7-6-8-12-22)19-21-15-17-23(32-3)18-16-21/h6-19,26H,4-5,20H2,1-3H3,(H,30,31)/b25-19+/t26-/m1/s1. The minimum absolute atomic E-state index is 0.0974. The zero-order valence-corrected chi connectivity index (χ0v) is 19.5. The summed E-state index contributed by atoms with van der Waals surface area (Å²) in [6, 6.07) is 25.4. The molecular formula is C29H31NO3. The van der Waals surface area contributed by atoms with Crippen LogP contribution in [0.25, 0.3) is 11.6 Å². The Labute approximate surface area is 196 Å². The van der Waals surface area contributed by atoms with Crippen molar-refractivity contribution in [2.24, 2.45) is 0 Å². The molecule has 0 radical (unpaired) electrons. The molecule has 4 nitrogen and oxygen atoms in total. The van der Waals surface area contributed by atoms with Crippen molar-refractivity contribution in [1.82, 2.24) is 5.32 Å². The van der Waals surface area contributed by atoms with Crippen molar-refractivity contribution in [3.8, 4) is 11.5 Å². The summed E-state index contributed by atoms with van der Waals surface area (Å²) >= 11 is 0. The maximum Gasteiger partial charge on any atom is 0.252 e. The molecule has 4 rings (SSSR count). The molecule has 0 aliphatic carbocycles. The molecule has 1 aliphatic rings. The van der Waals surface area contributed by atoms with Crippen LogP contribution in [0, 0.1) is 0 Å². The van der Waals surface area contributed by atoms with Gasteiger partial charge < -0.3 is 14.8 Å². The fourth-order valence-corrected chi connectivity index (χ4v) is 4.43. The van der Waals surface area contributed by atoms with E-state index in [-0.39, 0.29) is 17.6 Å². The molecule has 170 valence electrons. The van der Waals surface area contributed by atoms with Gasteiger partial charge in [-0.2, -0.15) is 0 Å². The van der Waals surface area contributed by atoms with Crippen LogP contribution in [0.2, 0.25) is 0 Å². The van der Waals surface area contributed by atoms with Crippen molar-refractivity contribution in [2.45, 2.75) is 44.8 Å². The lowest BCUT2D eigenvalue weighted by atomic mass is 9.83. The normalized spacial score (nSPS) is 16.9. The van der Waals surface area contributed by atoms with Crippen LogP contribution in [0.15, 0.2) is 78.9 Å². The van der Waals surface area contributed by atoms with E-state index in [4.69, 9.17) is 9.47 Å². The third kappa shape index (κ3) is 4.95. The van der Waals surface area contributed by atoms with Crippen molar-refractivity contribution in [1.29, 1.82) is 0 Å². The predicted octanol–water partition coefficient (Wildman–Crippen LogP) is 6.43. The first-order valence-corrected chi connectivity index (χ1v) is 11.6. The lowest BCUT2D eigenvalue weighted by molar-refractivity contribution is -0.117. The maximum atomic E-state index is 13.7. The number of carbonyl (C=O) groups is 1. The topological polar surface area (TPSA) is 47.6 Å². The summed E-state index contributed by atoms with van der Waals surface area (Å²) in [5.74, 6) is 1.55. The number of hydrogen-bond donors (Lipinski definition) is 1. The molecule has 3 aromatic rings. The number of fused-ring (bicyclic) bond motifs is 1. The Bertz CT molecular complexity index is 1120. The second-order valence-corrected chi connectivity index (χ2v) is 8.46. The maximum absolute atomic E-state index is 13.7. The number of carbonyl (C=O) groups excluding carboxylic acids is 1. The van der Waals surface area contributed by atoms with Crippen LogP contribution in [0.4, 0.5) is 0 Å². The van der Waals surface area contributed by atoms with E-state index in [1.807, 2.05) is 84.9 Å². The molecule has 1 aliphatic heterocycles. The van der Waals surface area contributed by atoms with Crippen LogP contribution in [0.1, 0.15) is 55.8 Å². The summed E-state index contributed by atoms with van der Waals surface area (Å²) in [6.45, 7) is 4.30. The van der Waals surface area contributed by atoms with Gasteiger partial charge in [-0.3, -0.25) is 4.79 Å². The lowest BCUT2D eigenvalue weighted by Gasteiger charge is -2.41. The number of methoxy groups -OCH3 is 1. The predicted molar refractivity (Wildman–Crippen MR) is 133 cm³/mol. The molecule has 33 heavy (non-hydrogen) atoms. The van der Waals surface area contributed by atoms with Gasteiger partial charge in [0.25, 0.3) is 5.91 Å². The average molecular weight is 442 g/mol. The van der Waals surface area contributed by atoms with Gasteiger partial charge in [0.2, 0.25) is 0 Å². The van der Waals surface area contributed by atoms with E-state index in [2.05, 4.69) is 19.2 Å². The third-order valence-electron chi connectivity index (χ3n) is 6.55. The zero-order valence-electron chi connectivity index (χ0n) is 19.5. The SMILES string of the molecule is CCC1(CC)C[C@@H](NC(=O)/C(=C/c2ccc(OC)cc2)c2ccccc2)c2ccccc2O1. The Morgan fingerprint density at radius 3 is 2.33 bits per heavy atom. The summed E-state index contributed by atoms with van der Waals surface area (Å²) in [7, 11) is 1.64. The van der Waals surface area contributed by atoms with E-state index >= 15 is 0 Å². The first kappa shape index (κ1) is 22.7. The molecule has 1 N–H and O–H groups in total. The number of benzene rings is 3. The van der Waals surface area contributed by atoms with Gasteiger partial charge in [-0.15, -0.1) is 0 Å². The van der Waals surface area contributed by atoms with Crippen LogP contribution >= 0.6 is 0 Å². The molecular weight excluding hydrogens is 410 g/mol. The van der Waals surface area contributed by atoms with Gasteiger partial charge in [-0.1, -0.05) is 74.5 Å². The molecule has 1 heterocycles. The molecule has 0 saturated heterocycles. The van der Waals surface area contributed by atoms with Gasteiger partial charge >= 0.3 is 0 Å². The van der Waals surface area contributed by atoms with Crippen LogP contribution in [-0.4, -0.2) is 18.6 Å². The van der Waals surface area contributed by atoms with Crippen molar-refractivity contribution < 1.29 is 14.3 Å². The molecule has 0 spiro atoms. The van der Waals surface area contributed by atoms with Crippen molar-refractivity contribution in [3.05, 3.63) is 95.6 Å². The van der Waals surface area contributed by atoms with Gasteiger partial charge in [0.1, 0.15) is 17.1 Å². The van der Waals surface area contributed by atoms with E-state index in [1.54, 1.807) is 7.11 Å². The number of ether oxygens (including phenoxy) is 2. The quantitative estimate of drug-likeness (QED) is 0.339. The van der Waals surface area contributed by atoms with Gasteiger partial charge in [0.15, 0.2) is 0 Å². The Morgan fingerprint density at radius 1 is 1.00 bits per heavy atom. The highest BCUT2D eigenvalue weighted by atomic mass is 16.5. The van der Waals surface area contributed by atoms with E-state index in [0.717, 1.165) is 47.5 Å².